The predicted octanol–water partition coefficient (Wildman–Crippen LogP) is 1.89. The Balaban J connectivity index is 1.78. The Hall–Kier alpha value is -0.800. The van der Waals surface area contributed by atoms with Gasteiger partial charge in [-0.15, -0.1) is 0 Å². The van der Waals surface area contributed by atoms with Crippen LogP contribution in [-0.4, -0.2) is 12.6 Å². The van der Waals surface area contributed by atoms with E-state index in [4.69, 9.17) is 10.2 Å². The smallest absolute Gasteiger partial charge is 0.117 e. The van der Waals surface area contributed by atoms with Crippen LogP contribution in [0.3, 0.4) is 0 Å². The van der Waals surface area contributed by atoms with E-state index in [9.17, 15) is 0 Å². The van der Waals surface area contributed by atoms with Crippen molar-refractivity contribution in [2.24, 2.45) is 11.1 Å². The van der Waals surface area contributed by atoms with Crippen molar-refractivity contribution in [2.45, 2.75) is 38.8 Å². The van der Waals surface area contributed by atoms with Crippen LogP contribution in [0.15, 0.2) is 22.8 Å². The highest BCUT2D eigenvalue weighted by Gasteiger charge is 2.35. The van der Waals surface area contributed by atoms with E-state index < -0.39 is 0 Å². The molecule has 0 radical (unpaired) electrons. The highest BCUT2D eigenvalue weighted by Crippen LogP contribution is 2.35. The molecule has 0 amide bonds. The zero-order chi connectivity index (χ0) is 10.7. The molecule has 1 aromatic rings. The zero-order valence-corrected chi connectivity index (χ0v) is 9.33. The van der Waals surface area contributed by atoms with Crippen molar-refractivity contribution in [3.05, 3.63) is 24.2 Å². The number of furan rings is 1. The molecule has 1 aliphatic carbocycles. The molecule has 0 spiro atoms. The third-order valence-corrected chi connectivity index (χ3v) is 3.57. The molecule has 2 atom stereocenters. The van der Waals surface area contributed by atoms with Crippen LogP contribution in [0, 0.1) is 5.41 Å². The fourth-order valence-electron chi connectivity index (χ4n) is 2.36. The van der Waals surface area contributed by atoms with Crippen molar-refractivity contribution < 1.29 is 4.42 Å². The molecule has 3 heteroatoms. The molecule has 1 heterocycles. The highest BCUT2D eigenvalue weighted by molar-refractivity contribution is 4.98. The Kier molecular flexibility index (Phi) is 3.12. The lowest BCUT2D eigenvalue weighted by Gasteiger charge is -2.29. The first-order chi connectivity index (χ1) is 7.21. The average molecular weight is 208 g/mol. The lowest BCUT2D eigenvalue weighted by molar-refractivity contribution is 0.273. The van der Waals surface area contributed by atoms with Crippen LogP contribution >= 0.6 is 0 Å². The van der Waals surface area contributed by atoms with Crippen molar-refractivity contribution in [1.29, 1.82) is 0 Å². The van der Waals surface area contributed by atoms with Crippen molar-refractivity contribution in [3.63, 3.8) is 0 Å². The maximum Gasteiger partial charge on any atom is 0.117 e. The minimum Gasteiger partial charge on any atom is -0.468 e. The third-order valence-electron chi connectivity index (χ3n) is 3.57. The monoisotopic (exact) mass is 208 g/mol. The lowest BCUT2D eigenvalue weighted by atomic mass is 9.85. The summed E-state index contributed by atoms with van der Waals surface area (Å²) < 4.78 is 5.26. The fourth-order valence-corrected chi connectivity index (χ4v) is 2.36. The Morgan fingerprint density at radius 1 is 1.67 bits per heavy atom. The Bertz CT molecular complexity index is 297. The van der Waals surface area contributed by atoms with Gasteiger partial charge in [0.15, 0.2) is 0 Å². The summed E-state index contributed by atoms with van der Waals surface area (Å²) in [5.41, 5.74) is 6.38. The van der Waals surface area contributed by atoms with Gasteiger partial charge in [-0.1, -0.05) is 13.3 Å². The number of hydrogen-bond donors (Lipinski definition) is 2. The van der Waals surface area contributed by atoms with Gasteiger partial charge in [0, 0.05) is 12.6 Å². The molecule has 3 nitrogen and oxygen atoms in total. The van der Waals surface area contributed by atoms with E-state index in [2.05, 4.69) is 12.2 Å². The van der Waals surface area contributed by atoms with E-state index in [1.54, 1.807) is 6.26 Å². The molecule has 0 aliphatic heterocycles. The maximum atomic E-state index is 6.11. The van der Waals surface area contributed by atoms with E-state index in [1.807, 2.05) is 12.1 Å². The second-order valence-corrected chi connectivity index (χ2v) is 4.84. The van der Waals surface area contributed by atoms with Crippen molar-refractivity contribution in [2.75, 3.05) is 6.54 Å². The summed E-state index contributed by atoms with van der Waals surface area (Å²) in [4.78, 5) is 0. The summed E-state index contributed by atoms with van der Waals surface area (Å²) in [7, 11) is 0. The molecule has 1 saturated carbocycles. The summed E-state index contributed by atoms with van der Waals surface area (Å²) in [6.07, 6.45) is 5.37. The summed E-state index contributed by atoms with van der Waals surface area (Å²) in [5.74, 6) is 0.991. The second kappa shape index (κ2) is 4.37. The molecular formula is C12H20N2O. The van der Waals surface area contributed by atoms with Crippen molar-refractivity contribution in [3.8, 4) is 0 Å². The van der Waals surface area contributed by atoms with Crippen LogP contribution in [0.4, 0.5) is 0 Å². The summed E-state index contributed by atoms with van der Waals surface area (Å²) in [6, 6.07) is 4.26. The van der Waals surface area contributed by atoms with Crippen LogP contribution in [0.1, 0.15) is 31.9 Å². The SMILES string of the molecule is CC1(CNCc2ccco2)CCCC1N. The van der Waals surface area contributed by atoms with Crippen LogP contribution < -0.4 is 11.1 Å². The van der Waals surface area contributed by atoms with Crippen molar-refractivity contribution in [1.82, 2.24) is 5.32 Å². The Morgan fingerprint density at radius 3 is 3.13 bits per heavy atom. The molecule has 2 rings (SSSR count). The van der Waals surface area contributed by atoms with Gasteiger partial charge in [-0.25, -0.2) is 0 Å². The van der Waals surface area contributed by atoms with Gasteiger partial charge in [-0.3, -0.25) is 0 Å². The van der Waals surface area contributed by atoms with Gasteiger partial charge >= 0.3 is 0 Å². The zero-order valence-electron chi connectivity index (χ0n) is 9.33. The van der Waals surface area contributed by atoms with Crippen LogP contribution in [0.5, 0.6) is 0 Å². The molecule has 0 saturated heterocycles. The molecule has 15 heavy (non-hydrogen) atoms. The van der Waals surface area contributed by atoms with E-state index in [0.29, 0.717) is 6.04 Å². The summed E-state index contributed by atoms with van der Waals surface area (Å²) in [6.45, 7) is 4.06. The van der Waals surface area contributed by atoms with Gasteiger partial charge in [0.2, 0.25) is 0 Å². The van der Waals surface area contributed by atoms with Gasteiger partial charge in [-0.2, -0.15) is 0 Å². The largest absolute Gasteiger partial charge is 0.468 e. The molecule has 2 unspecified atom stereocenters. The minimum atomic E-state index is 0.270. The first kappa shape index (κ1) is 10.7. The summed E-state index contributed by atoms with van der Waals surface area (Å²) in [5, 5.41) is 3.43. The molecule has 1 aromatic heterocycles. The summed E-state index contributed by atoms with van der Waals surface area (Å²) >= 11 is 0. The molecule has 1 aliphatic rings. The second-order valence-electron chi connectivity index (χ2n) is 4.84. The molecule has 84 valence electrons. The average Bonchev–Trinajstić information content (AvgIpc) is 2.79. The van der Waals surface area contributed by atoms with E-state index in [0.717, 1.165) is 18.8 Å². The molecular weight excluding hydrogens is 188 g/mol. The van der Waals surface area contributed by atoms with Crippen LogP contribution in [0.25, 0.3) is 0 Å². The van der Waals surface area contributed by atoms with Gasteiger partial charge < -0.3 is 15.5 Å². The van der Waals surface area contributed by atoms with Gasteiger partial charge in [0.1, 0.15) is 5.76 Å². The standard InChI is InChI=1S/C12H20N2O/c1-12(6-2-5-11(12)13)9-14-8-10-4-3-7-15-10/h3-4,7,11,14H,2,5-6,8-9,13H2,1H3. The number of hydrogen-bond acceptors (Lipinski definition) is 3. The molecule has 0 aromatic carbocycles. The molecule has 3 N–H and O–H groups in total. The van der Waals surface area contributed by atoms with E-state index in [-0.39, 0.29) is 5.41 Å². The van der Waals surface area contributed by atoms with E-state index >= 15 is 0 Å². The lowest BCUT2D eigenvalue weighted by Crippen LogP contribution is -2.42. The van der Waals surface area contributed by atoms with Crippen LogP contribution in [0.2, 0.25) is 0 Å². The number of nitrogens with two attached hydrogens (primary N) is 1. The maximum absolute atomic E-state index is 6.11. The highest BCUT2D eigenvalue weighted by atomic mass is 16.3. The molecule has 1 fully saturated rings. The van der Waals surface area contributed by atoms with Gasteiger partial charge in [-0.05, 0) is 30.4 Å². The van der Waals surface area contributed by atoms with Crippen molar-refractivity contribution >= 4 is 0 Å². The first-order valence-electron chi connectivity index (χ1n) is 5.69. The first-order valence-corrected chi connectivity index (χ1v) is 5.69. The Morgan fingerprint density at radius 2 is 2.53 bits per heavy atom. The van der Waals surface area contributed by atoms with Crippen LogP contribution in [-0.2, 0) is 6.54 Å². The van der Waals surface area contributed by atoms with Gasteiger partial charge in [0.25, 0.3) is 0 Å². The predicted molar refractivity (Wildman–Crippen MR) is 60.3 cm³/mol. The van der Waals surface area contributed by atoms with E-state index in [1.165, 1.54) is 19.3 Å². The third kappa shape index (κ3) is 2.41. The molecule has 0 bridgehead atoms. The quantitative estimate of drug-likeness (QED) is 0.794. The minimum absolute atomic E-state index is 0.270. The topological polar surface area (TPSA) is 51.2 Å². The van der Waals surface area contributed by atoms with Gasteiger partial charge in [0.05, 0.1) is 12.8 Å². The number of rotatable bonds is 4. The fraction of sp³-hybridized carbons (Fsp3) is 0.667. The normalized spacial score (nSPS) is 30.9. The number of nitrogens with one attached hydrogen (secondary N) is 1. The Labute approximate surface area is 91.0 Å².